The van der Waals surface area contributed by atoms with Gasteiger partial charge in [0, 0.05) is 33.8 Å². The highest BCUT2D eigenvalue weighted by Gasteiger charge is 2.21. The zero-order valence-electron chi connectivity index (χ0n) is 19.9. The van der Waals surface area contributed by atoms with Crippen molar-refractivity contribution >= 4 is 39.9 Å². The maximum absolute atomic E-state index is 13.2. The zero-order chi connectivity index (χ0) is 25.1. The number of benzene rings is 3. The number of anilines is 1. The van der Waals surface area contributed by atoms with Crippen LogP contribution in [0.4, 0.5) is 5.69 Å². The van der Waals surface area contributed by atoms with Gasteiger partial charge in [-0.2, -0.15) is 0 Å². The van der Waals surface area contributed by atoms with Crippen molar-refractivity contribution in [3.05, 3.63) is 94.1 Å². The number of nitrogens with two attached hydrogens (primary N) is 1. The summed E-state index contributed by atoms with van der Waals surface area (Å²) < 4.78 is 6.02. The zero-order valence-corrected chi connectivity index (χ0v) is 20.7. The van der Waals surface area contributed by atoms with E-state index in [2.05, 4.69) is 11.1 Å². The third-order valence-corrected chi connectivity index (χ3v) is 7.00. The minimum atomic E-state index is -0.234. The lowest BCUT2D eigenvalue weighted by atomic mass is 9.96. The number of Topliss-reactive ketones (excluding diaryl/α,β-unsaturated/α-hetero) is 1. The fourth-order valence-electron chi connectivity index (χ4n) is 4.75. The SMILES string of the molecule is Nc1cc(C(=O)CN(CCOc2ccc3c4c([nH]c3c2)CCCC4)C(=O)c2ccccc2)ccc1Cl. The van der Waals surface area contributed by atoms with Gasteiger partial charge in [0.15, 0.2) is 5.78 Å². The smallest absolute Gasteiger partial charge is 0.254 e. The number of nitrogens with one attached hydrogen (secondary N) is 1. The summed E-state index contributed by atoms with van der Waals surface area (Å²) in [7, 11) is 0. The van der Waals surface area contributed by atoms with Crippen LogP contribution in [0.15, 0.2) is 66.7 Å². The second-order valence-electron chi connectivity index (χ2n) is 9.10. The van der Waals surface area contributed by atoms with Gasteiger partial charge in [0.05, 0.1) is 23.8 Å². The number of ether oxygens (including phenoxy) is 1. The highest BCUT2D eigenvalue weighted by atomic mass is 35.5. The number of aromatic amines is 1. The molecule has 3 N–H and O–H groups in total. The second kappa shape index (κ2) is 10.5. The molecule has 0 atom stereocenters. The lowest BCUT2D eigenvalue weighted by molar-refractivity contribution is 0.0686. The van der Waals surface area contributed by atoms with Gasteiger partial charge in [-0.15, -0.1) is 0 Å². The number of nitrogens with zero attached hydrogens (tertiary/aromatic N) is 1. The molecule has 0 aliphatic heterocycles. The van der Waals surface area contributed by atoms with E-state index in [4.69, 9.17) is 22.1 Å². The van der Waals surface area contributed by atoms with E-state index in [-0.39, 0.29) is 31.4 Å². The largest absolute Gasteiger partial charge is 0.492 e. The molecule has 7 heteroatoms. The van der Waals surface area contributed by atoms with Crippen LogP contribution in [0.1, 0.15) is 44.8 Å². The Hall–Kier alpha value is -3.77. The Morgan fingerprint density at radius 3 is 2.58 bits per heavy atom. The first-order valence-electron chi connectivity index (χ1n) is 12.2. The molecule has 1 aromatic heterocycles. The molecule has 1 amide bonds. The van der Waals surface area contributed by atoms with Crippen molar-refractivity contribution in [2.75, 3.05) is 25.4 Å². The predicted molar refractivity (Wildman–Crippen MR) is 143 cm³/mol. The molecule has 36 heavy (non-hydrogen) atoms. The maximum Gasteiger partial charge on any atom is 0.254 e. The summed E-state index contributed by atoms with van der Waals surface area (Å²) in [5.41, 5.74) is 10.9. The molecule has 5 rings (SSSR count). The van der Waals surface area contributed by atoms with Crippen LogP contribution in [-0.2, 0) is 12.8 Å². The number of hydrogen-bond donors (Lipinski definition) is 2. The van der Waals surface area contributed by atoms with E-state index in [0.29, 0.717) is 21.8 Å². The Kier molecular flexibility index (Phi) is 6.96. The van der Waals surface area contributed by atoms with Gasteiger partial charge in [0.2, 0.25) is 0 Å². The summed E-state index contributed by atoms with van der Waals surface area (Å²) in [6.07, 6.45) is 4.64. The molecule has 4 aromatic rings. The van der Waals surface area contributed by atoms with Crippen LogP contribution >= 0.6 is 11.6 Å². The number of amides is 1. The van der Waals surface area contributed by atoms with E-state index in [1.54, 1.807) is 36.4 Å². The van der Waals surface area contributed by atoms with Gasteiger partial charge in [0.25, 0.3) is 5.91 Å². The lowest BCUT2D eigenvalue weighted by Crippen LogP contribution is -2.38. The molecule has 0 fully saturated rings. The van der Waals surface area contributed by atoms with E-state index in [0.717, 1.165) is 24.1 Å². The van der Waals surface area contributed by atoms with E-state index in [1.165, 1.54) is 40.5 Å². The van der Waals surface area contributed by atoms with E-state index in [1.807, 2.05) is 18.2 Å². The predicted octanol–water partition coefficient (Wildman–Crippen LogP) is 5.69. The van der Waals surface area contributed by atoms with Crippen molar-refractivity contribution in [2.24, 2.45) is 0 Å². The van der Waals surface area contributed by atoms with E-state index >= 15 is 0 Å². The van der Waals surface area contributed by atoms with Crippen molar-refractivity contribution in [2.45, 2.75) is 25.7 Å². The number of nitrogen functional groups attached to an aromatic ring is 1. The first-order valence-corrected chi connectivity index (χ1v) is 12.6. The minimum absolute atomic E-state index is 0.0967. The molecule has 0 saturated heterocycles. The number of halogens is 1. The normalized spacial score (nSPS) is 12.8. The molecule has 1 heterocycles. The topological polar surface area (TPSA) is 88.4 Å². The van der Waals surface area contributed by atoms with Crippen LogP contribution in [0.5, 0.6) is 5.75 Å². The Morgan fingerprint density at radius 2 is 1.78 bits per heavy atom. The molecular weight excluding hydrogens is 474 g/mol. The summed E-state index contributed by atoms with van der Waals surface area (Å²) >= 11 is 5.99. The molecule has 3 aromatic carbocycles. The van der Waals surface area contributed by atoms with Crippen molar-refractivity contribution in [1.29, 1.82) is 0 Å². The number of H-pyrrole nitrogens is 1. The Labute approximate surface area is 215 Å². The molecule has 0 unspecified atom stereocenters. The van der Waals surface area contributed by atoms with Crippen LogP contribution < -0.4 is 10.5 Å². The van der Waals surface area contributed by atoms with Gasteiger partial charge in [-0.1, -0.05) is 29.8 Å². The Morgan fingerprint density at radius 1 is 0.972 bits per heavy atom. The van der Waals surface area contributed by atoms with Crippen LogP contribution in [-0.4, -0.2) is 41.3 Å². The second-order valence-corrected chi connectivity index (χ2v) is 9.50. The maximum atomic E-state index is 13.2. The Bertz CT molecular complexity index is 1410. The fourth-order valence-corrected chi connectivity index (χ4v) is 4.87. The number of aryl methyl sites for hydroxylation is 2. The quantitative estimate of drug-likeness (QED) is 0.240. The summed E-state index contributed by atoms with van der Waals surface area (Å²) in [4.78, 5) is 31.3. The molecule has 1 aliphatic rings. The van der Waals surface area contributed by atoms with Gasteiger partial charge in [-0.25, -0.2) is 0 Å². The molecule has 0 bridgehead atoms. The van der Waals surface area contributed by atoms with Gasteiger partial charge >= 0.3 is 0 Å². The number of ketones is 1. The first-order chi connectivity index (χ1) is 17.5. The van der Waals surface area contributed by atoms with Crippen LogP contribution in [0, 0.1) is 0 Å². The van der Waals surface area contributed by atoms with Crippen molar-refractivity contribution in [1.82, 2.24) is 9.88 Å². The molecule has 6 nitrogen and oxygen atoms in total. The average molecular weight is 502 g/mol. The van der Waals surface area contributed by atoms with Crippen molar-refractivity contribution in [3.8, 4) is 5.75 Å². The number of carbonyl (C=O) groups is 2. The van der Waals surface area contributed by atoms with Crippen LogP contribution in [0.3, 0.4) is 0 Å². The number of rotatable bonds is 8. The van der Waals surface area contributed by atoms with Crippen LogP contribution in [0.25, 0.3) is 10.9 Å². The average Bonchev–Trinajstić information content (AvgIpc) is 3.27. The Balaban J connectivity index is 1.30. The highest BCUT2D eigenvalue weighted by molar-refractivity contribution is 6.33. The summed E-state index contributed by atoms with van der Waals surface area (Å²) in [5, 5.41) is 1.64. The third kappa shape index (κ3) is 5.09. The highest BCUT2D eigenvalue weighted by Crippen LogP contribution is 2.31. The van der Waals surface area contributed by atoms with Crippen LogP contribution in [0.2, 0.25) is 5.02 Å². The summed E-state index contributed by atoms with van der Waals surface area (Å²) in [6, 6.07) is 19.8. The van der Waals surface area contributed by atoms with E-state index < -0.39 is 0 Å². The van der Waals surface area contributed by atoms with Gasteiger partial charge < -0.3 is 20.4 Å². The number of hydrogen-bond acceptors (Lipinski definition) is 4. The molecule has 184 valence electrons. The van der Waals surface area contributed by atoms with Crippen molar-refractivity contribution in [3.63, 3.8) is 0 Å². The molecular formula is C29H28ClN3O3. The fraction of sp³-hybridized carbons (Fsp3) is 0.241. The van der Waals surface area contributed by atoms with Gasteiger partial charge in [-0.05, 0) is 73.7 Å². The molecule has 0 saturated carbocycles. The third-order valence-electron chi connectivity index (χ3n) is 6.66. The lowest BCUT2D eigenvalue weighted by Gasteiger charge is -2.22. The minimum Gasteiger partial charge on any atom is -0.492 e. The number of fused-ring (bicyclic) bond motifs is 3. The first kappa shape index (κ1) is 23.9. The number of carbonyl (C=O) groups excluding carboxylic acids is 2. The monoisotopic (exact) mass is 501 g/mol. The van der Waals surface area contributed by atoms with Gasteiger partial charge in [0.1, 0.15) is 12.4 Å². The van der Waals surface area contributed by atoms with Gasteiger partial charge in [-0.3, -0.25) is 9.59 Å². The molecule has 0 spiro atoms. The summed E-state index contributed by atoms with van der Waals surface area (Å²) in [6.45, 7) is 0.406. The summed E-state index contributed by atoms with van der Waals surface area (Å²) in [5.74, 6) is 0.271. The standard InChI is InChI=1S/C29H28ClN3O3/c30-24-13-10-20(16-25(24)31)28(34)18-33(29(35)19-6-2-1-3-7-19)14-15-36-21-11-12-23-22-8-4-5-9-26(22)32-27(23)17-21/h1-3,6-7,10-13,16-17,32H,4-5,8-9,14-15,18,31H2. The molecule has 0 radical (unpaired) electrons. The van der Waals surface area contributed by atoms with Crippen molar-refractivity contribution < 1.29 is 14.3 Å². The molecule has 1 aliphatic carbocycles. The van der Waals surface area contributed by atoms with E-state index in [9.17, 15) is 9.59 Å². The number of aromatic nitrogens is 1.